The Labute approximate surface area is 155 Å². The van der Waals surface area contributed by atoms with Gasteiger partial charge in [-0.2, -0.15) is 0 Å². The molecule has 4 rings (SSSR count). The van der Waals surface area contributed by atoms with Gasteiger partial charge in [0.2, 0.25) is 0 Å². The van der Waals surface area contributed by atoms with Crippen LogP contribution >= 0.6 is 0 Å². The molecule has 1 heteroatoms. The first kappa shape index (κ1) is 16.4. The highest BCUT2D eigenvalue weighted by atomic mass is 14.9. The molecule has 0 amide bonds. The van der Waals surface area contributed by atoms with E-state index in [1.165, 1.54) is 33.5 Å². The lowest BCUT2D eigenvalue weighted by Crippen LogP contribution is -2.08. The molecule has 0 saturated heterocycles. The van der Waals surface area contributed by atoms with Crippen molar-refractivity contribution in [2.75, 3.05) is 5.32 Å². The molecule has 0 aliphatic heterocycles. The first-order valence-corrected chi connectivity index (χ1v) is 9.14. The van der Waals surface area contributed by atoms with Crippen LogP contribution in [0.5, 0.6) is 0 Å². The minimum atomic E-state index is 0.313. The van der Waals surface area contributed by atoms with Crippen LogP contribution in [-0.4, -0.2) is 0 Å². The summed E-state index contributed by atoms with van der Waals surface area (Å²) >= 11 is 0. The summed E-state index contributed by atoms with van der Waals surface area (Å²) < 4.78 is 0. The maximum Gasteiger partial charge on any atom is 0.0382 e. The highest BCUT2D eigenvalue weighted by molar-refractivity contribution is 6.03. The molecule has 128 valence electrons. The van der Waals surface area contributed by atoms with Crippen molar-refractivity contribution in [2.24, 2.45) is 5.92 Å². The molecule has 3 aromatic rings. The number of benzene rings is 3. The molecule has 0 radical (unpaired) electrons. The maximum atomic E-state index is 3.68. The topological polar surface area (TPSA) is 12.0 Å². The Morgan fingerprint density at radius 1 is 0.654 bits per heavy atom. The zero-order valence-electron chi connectivity index (χ0n) is 15.2. The standard InChI is InChI=1S/C25H23N/c1-18-23(20-12-6-3-7-13-20)24(21-14-8-4-9-15-21)19(2)25(18)26-22-16-10-5-11-17-22/h3-18,26H,1-2H3. The van der Waals surface area contributed by atoms with Crippen LogP contribution in [0.1, 0.15) is 25.0 Å². The Bertz CT molecular complexity index is 951. The van der Waals surface area contributed by atoms with Crippen molar-refractivity contribution < 1.29 is 0 Å². The summed E-state index contributed by atoms with van der Waals surface area (Å²) in [7, 11) is 0. The molecule has 0 fully saturated rings. The van der Waals surface area contributed by atoms with Gasteiger partial charge in [0.05, 0.1) is 0 Å². The van der Waals surface area contributed by atoms with Gasteiger partial charge < -0.3 is 5.32 Å². The largest absolute Gasteiger partial charge is 0.358 e. The molecule has 1 unspecified atom stereocenters. The normalized spacial score (nSPS) is 16.9. The minimum absolute atomic E-state index is 0.313. The Hall–Kier alpha value is -3.06. The summed E-state index contributed by atoms with van der Waals surface area (Å²) in [6, 6.07) is 31.9. The predicted octanol–water partition coefficient (Wildman–Crippen LogP) is 6.63. The number of hydrogen-bond acceptors (Lipinski definition) is 1. The van der Waals surface area contributed by atoms with Gasteiger partial charge in [-0.15, -0.1) is 0 Å². The van der Waals surface area contributed by atoms with Gasteiger partial charge in [-0.25, -0.2) is 0 Å². The first-order chi connectivity index (χ1) is 12.8. The van der Waals surface area contributed by atoms with Crippen LogP contribution < -0.4 is 5.32 Å². The van der Waals surface area contributed by atoms with Gasteiger partial charge in [0.15, 0.2) is 0 Å². The van der Waals surface area contributed by atoms with E-state index in [1.807, 2.05) is 6.07 Å². The highest BCUT2D eigenvalue weighted by Gasteiger charge is 2.30. The molecule has 1 nitrogen and oxygen atoms in total. The molecule has 0 aromatic heterocycles. The van der Waals surface area contributed by atoms with E-state index in [1.54, 1.807) is 0 Å². The molecule has 0 bridgehead atoms. The zero-order valence-corrected chi connectivity index (χ0v) is 15.2. The minimum Gasteiger partial charge on any atom is -0.358 e. The molecule has 1 atom stereocenters. The molecule has 0 spiro atoms. The third kappa shape index (κ3) is 2.97. The third-order valence-corrected chi connectivity index (χ3v) is 5.11. The monoisotopic (exact) mass is 337 g/mol. The van der Waals surface area contributed by atoms with Gasteiger partial charge in [-0.05, 0) is 46.9 Å². The molecule has 0 heterocycles. The number of anilines is 1. The van der Waals surface area contributed by atoms with Gasteiger partial charge in [-0.1, -0.05) is 85.8 Å². The second kappa shape index (κ2) is 7.05. The third-order valence-electron chi connectivity index (χ3n) is 5.11. The number of nitrogens with one attached hydrogen (secondary N) is 1. The summed E-state index contributed by atoms with van der Waals surface area (Å²) in [5.74, 6) is 0.313. The van der Waals surface area contributed by atoms with E-state index in [2.05, 4.69) is 104 Å². The Morgan fingerprint density at radius 3 is 1.73 bits per heavy atom. The van der Waals surface area contributed by atoms with Crippen molar-refractivity contribution in [1.29, 1.82) is 0 Å². The number of rotatable bonds is 4. The molecule has 1 aliphatic rings. The summed E-state index contributed by atoms with van der Waals surface area (Å²) in [6.45, 7) is 4.53. The molecule has 0 saturated carbocycles. The second-order valence-electron chi connectivity index (χ2n) is 6.77. The van der Waals surface area contributed by atoms with E-state index in [0.29, 0.717) is 5.92 Å². The van der Waals surface area contributed by atoms with Crippen LogP contribution in [0.4, 0.5) is 5.69 Å². The summed E-state index contributed by atoms with van der Waals surface area (Å²) in [5, 5.41) is 3.68. The fourth-order valence-corrected chi connectivity index (χ4v) is 3.89. The van der Waals surface area contributed by atoms with Crippen LogP contribution in [-0.2, 0) is 0 Å². The quantitative estimate of drug-likeness (QED) is 0.563. The van der Waals surface area contributed by atoms with E-state index >= 15 is 0 Å². The molecule has 26 heavy (non-hydrogen) atoms. The lowest BCUT2D eigenvalue weighted by molar-refractivity contribution is 0.901. The van der Waals surface area contributed by atoms with Gasteiger partial charge in [0.1, 0.15) is 0 Å². The van der Waals surface area contributed by atoms with Gasteiger partial charge in [0, 0.05) is 17.3 Å². The van der Waals surface area contributed by atoms with Crippen molar-refractivity contribution in [3.05, 3.63) is 113 Å². The van der Waals surface area contributed by atoms with E-state index < -0.39 is 0 Å². The predicted molar refractivity (Wildman–Crippen MR) is 112 cm³/mol. The van der Waals surface area contributed by atoms with Crippen LogP contribution in [0.3, 0.4) is 0 Å². The van der Waals surface area contributed by atoms with Crippen LogP contribution in [0.2, 0.25) is 0 Å². The lowest BCUT2D eigenvalue weighted by atomic mass is 9.90. The van der Waals surface area contributed by atoms with E-state index in [4.69, 9.17) is 0 Å². The van der Waals surface area contributed by atoms with Crippen molar-refractivity contribution >= 4 is 16.8 Å². The van der Waals surface area contributed by atoms with Crippen LogP contribution in [0.25, 0.3) is 11.1 Å². The smallest absolute Gasteiger partial charge is 0.0382 e. The van der Waals surface area contributed by atoms with Gasteiger partial charge >= 0.3 is 0 Å². The number of allylic oxidation sites excluding steroid dienone is 3. The van der Waals surface area contributed by atoms with E-state index in [9.17, 15) is 0 Å². The molecule has 3 aromatic carbocycles. The zero-order chi connectivity index (χ0) is 17.9. The Kier molecular flexibility index (Phi) is 4.45. The summed E-state index contributed by atoms with van der Waals surface area (Å²) in [6.07, 6.45) is 0. The van der Waals surface area contributed by atoms with Crippen molar-refractivity contribution in [3.8, 4) is 0 Å². The fraction of sp³-hybridized carbons (Fsp3) is 0.120. The van der Waals surface area contributed by atoms with Crippen molar-refractivity contribution in [1.82, 2.24) is 0 Å². The second-order valence-corrected chi connectivity index (χ2v) is 6.77. The fourth-order valence-electron chi connectivity index (χ4n) is 3.89. The molecule has 1 aliphatic carbocycles. The Morgan fingerprint density at radius 2 is 1.15 bits per heavy atom. The molecular weight excluding hydrogens is 314 g/mol. The van der Waals surface area contributed by atoms with Crippen molar-refractivity contribution in [3.63, 3.8) is 0 Å². The maximum absolute atomic E-state index is 3.68. The molecule has 1 N–H and O–H groups in total. The number of hydrogen-bond donors (Lipinski definition) is 1. The average molecular weight is 337 g/mol. The van der Waals surface area contributed by atoms with Crippen LogP contribution in [0.15, 0.2) is 102 Å². The van der Waals surface area contributed by atoms with Crippen molar-refractivity contribution in [2.45, 2.75) is 13.8 Å². The van der Waals surface area contributed by atoms with E-state index in [-0.39, 0.29) is 0 Å². The Balaban J connectivity index is 1.84. The number of para-hydroxylation sites is 1. The van der Waals surface area contributed by atoms with Crippen LogP contribution in [0, 0.1) is 5.92 Å². The SMILES string of the molecule is CC1=C(Nc2ccccc2)C(C)C(c2ccccc2)=C1c1ccccc1. The highest BCUT2D eigenvalue weighted by Crippen LogP contribution is 2.47. The average Bonchev–Trinajstić information content (AvgIpc) is 2.95. The lowest BCUT2D eigenvalue weighted by Gasteiger charge is -2.17. The molecular formula is C25H23N. The summed E-state index contributed by atoms with van der Waals surface area (Å²) in [5.41, 5.74) is 9.06. The van der Waals surface area contributed by atoms with Gasteiger partial charge in [0.25, 0.3) is 0 Å². The first-order valence-electron chi connectivity index (χ1n) is 9.14. The van der Waals surface area contributed by atoms with Gasteiger partial charge in [-0.3, -0.25) is 0 Å². The summed E-state index contributed by atoms with van der Waals surface area (Å²) in [4.78, 5) is 0. The van der Waals surface area contributed by atoms with E-state index in [0.717, 1.165) is 5.69 Å².